The number of thiocarbonyl (C=S) groups is 1. The number of ketones is 1. The van der Waals surface area contributed by atoms with Crippen LogP contribution in [0.25, 0.3) is 0 Å². The van der Waals surface area contributed by atoms with E-state index >= 15 is 0 Å². The lowest BCUT2D eigenvalue weighted by Crippen LogP contribution is -2.56. The van der Waals surface area contributed by atoms with Crippen molar-refractivity contribution in [1.29, 1.82) is 0 Å². The van der Waals surface area contributed by atoms with Crippen molar-refractivity contribution < 1.29 is 14.4 Å². The second-order valence-corrected chi connectivity index (χ2v) is 9.40. The molecule has 0 unspecified atom stereocenters. The summed E-state index contributed by atoms with van der Waals surface area (Å²) in [4.78, 5) is 45.8. The number of hydrogen-bond acceptors (Lipinski definition) is 4. The van der Waals surface area contributed by atoms with Crippen LogP contribution in [0.3, 0.4) is 0 Å². The number of nitrogens with zero attached hydrogens (tertiary/aromatic N) is 2. The highest BCUT2D eigenvalue weighted by molar-refractivity contribution is 7.80. The monoisotopic (exact) mass is 467 g/mol. The lowest BCUT2D eigenvalue weighted by Gasteiger charge is -2.34. The molecule has 168 valence electrons. The third kappa shape index (κ3) is 2.20. The van der Waals surface area contributed by atoms with Gasteiger partial charge in [0.25, 0.3) is 5.91 Å². The molecule has 0 bridgehead atoms. The van der Waals surface area contributed by atoms with Crippen molar-refractivity contribution in [2.24, 2.45) is 5.92 Å². The van der Waals surface area contributed by atoms with Crippen molar-refractivity contribution in [1.82, 2.24) is 5.32 Å². The summed E-state index contributed by atoms with van der Waals surface area (Å²) in [7, 11) is 3.37. The number of rotatable bonds is 2. The second-order valence-electron chi connectivity index (χ2n) is 9.00. The molecule has 3 aromatic rings. The third-order valence-electron chi connectivity index (χ3n) is 7.52. The molecule has 3 heterocycles. The topological polar surface area (TPSA) is 69.7 Å². The van der Waals surface area contributed by atoms with E-state index in [9.17, 15) is 14.4 Å². The van der Waals surface area contributed by atoms with Crippen LogP contribution in [-0.2, 0) is 20.5 Å². The number of amides is 2. The quantitative estimate of drug-likeness (QED) is 0.463. The van der Waals surface area contributed by atoms with Crippen molar-refractivity contribution in [2.45, 2.75) is 11.0 Å². The molecule has 6 rings (SSSR count). The molecule has 0 aliphatic carbocycles. The third-order valence-corrected chi connectivity index (χ3v) is 7.94. The maximum absolute atomic E-state index is 14.4. The summed E-state index contributed by atoms with van der Waals surface area (Å²) in [6, 6.07) is 23.6. The number of benzene rings is 3. The average Bonchev–Trinajstić information content (AvgIpc) is 3.36. The molecular formula is C27H21N3O3S. The van der Waals surface area contributed by atoms with Crippen LogP contribution in [0, 0.1) is 5.92 Å². The van der Waals surface area contributed by atoms with E-state index in [2.05, 4.69) is 5.32 Å². The van der Waals surface area contributed by atoms with Gasteiger partial charge >= 0.3 is 0 Å². The highest BCUT2D eigenvalue weighted by Crippen LogP contribution is 2.60. The summed E-state index contributed by atoms with van der Waals surface area (Å²) in [5, 5.41) is 3.26. The Morgan fingerprint density at radius 3 is 2.00 bits per heavy atom. The summed E-state index contributed by atoms with van der Waals surface area (Å²) in [6.07, 6.45) is 0. The zero-order valence-electron chi connectivity index (χ0n) is 18.6. The van der Waals surface area contributed by atoms with Crippen molar-refractivity contribution in [3.05, 3.63) is 95.6 Å². The maximum Gasteiger partial charge on any atom is 0.258 e. The number of nitrogens with one attached hydrogen (secondary N) is 1. The highest BCUT2D eigenvalue weighted by atomic mass is 32.1. The van der Waals surface area contributed by atoms with Gasteiger partial charge in [-0.2, -0.15) is 0 Å². The number of Topliss-reactive ketones (excluding diaryl/α,β-unsaturated/α-hetero) is 1. The first-order valence-electron chi connectivity index (χ1n) is 11.0. The van der Waals surface area contributed by atoms with Gasteiger partial charge < -0.3 is 15.1 Å². The smallest absolute Gasteiger partial charge is 0.258 e. The van der Waals surface area contributed by atoms with E-state index in [0.717, 1.165) is 0 Å². The standard InChI is InChI=1S/C27H21N3O3S/c1-29-19-14-8-6-12-17(19)26(24(29)32)22(21(31)16-10-4-3-5-11-16)27(28-23(26)34)18-13-7-9-15-20(18)30(2)25(27)33/h3-15,22H,1-2H3,(H,28,34)/t22-,26-,27-/m0/s1. The first kappa shape index (κ1) is 20.7. The van der Waals surface area contributed by atoms with Gasteiger partial charge in [0.2, 0.25) is 5.91 Å². The van der Waals surface area contributed by atoms with Crippen molar-refractivity contribution in [2.75, 3.05) is 23.9 Å². The van der Waals surface area contributed by atoms with Crippen LogP contribution in [-0.4, -0.2) is 36.7 Å². The van der Waals surface area contributed by atoms with E-state index in [-0.39, 0.29) is 22.6 Å². The Bertz CT molecular complexity index is 1420. The molecule has 0 radical (unpaired) electrons. The normalized spacial score (nSPS) is 26.9. The summed E-state index contributed by atoms with van der Waals surface area (Å²) in [5.74, 6) is -2.02. The summed E-state index contributed by atoms with van der Waals surface area (Å²) in [5.41, 5.74) is 0.105. The van der Waals surface area contributed by atoms with E-state index in [0.29, 0.717) is 28.1 Å². The van der Waals surface area contributed by atoms with E-state index in [1.807, 2.05) is 54.6 Å². The molecule has 7 heteroatoms. The molecule has 1 saturated heterocycles. The molecule has 1 N–H and O–H groups in total. The van der Waals surface area contributed by atoms with E-state index in [1.54, 1.807) is 48.2 Å². The maximum atomic E-state index is 14.4. The molecule has 6 nitrogen and oxygen atoms in total. The molecular weight excluding hydrogens is 446 g/mol. The van der Waals surface area contributed by atoms with Gasteiger partial charge in [0.15, 0.2) is 11.3 Å². The second kappa shape index (κ2) is 6.84. The lowest BCUT2D eigenvalue weighted by atomic mass is 9.62. The summed E-state index contributed by atoms with van der Waals surface area (Å²) in [6.45, 7) is 0. The minimum atomic E-state index is -1.50. The molecule has 3 aliphatic heterocycles. The van der Waals surface area contributed by atoms with Gasteiger partial charge in [0.1, 0.15) is 5.41 Å². The van der Waals surface area contributed by atoms with Crippen molar-refractivity contribution in [3.63, 3.8) is 0 Å². The van der Waals surface area contributed by atoms with E-state index in [4.69, 9.17) is 12.2 Å². The Morgan fingerprint density at radius 1 is 0.794 bits per heavy atom. The molecule has 3 aliphatic rings. The fourth-order valence-corrected chi connectivity index (χ4v) is 6.52. The summed E-state index contributed by atoms with van der Waals surface area (Å²) >= 11 is 5.89. The van der Waals surface area contributed by atoms with Crippen LogP contribution >= 0.6 is 12.2 Å². The van der Waals surface area contributed by atoms with Crippen molar-refractivity contribution in [3.8, 4) is 0 Å². The van der Waals surface area contributed by atoms with Crippen LogP contribution in [0.2, 0.25) is 0 Å². The Hall–Kier alpha value is -3.84. The zero-order valence-corrected chi connectivity index (χ0v) is 19.4. The number of para-hydroxylation sites is 2. The van der Waals surface area contributed by atoms with Crippen LogP contribution in [0.1, 0.15) is 21.5 Å². The molecule has 1 fully saturated rings. The van der Waals surface area contributed by atoms with E-state index in [1.165, 1.54) is 0 Å². The predicted molar refractivity (Wildman–Crippen MR) is 133 cm³/mol. The SMILES string of the molecule is CN1C(=O)[C@@]2(C(=S)N[C@]3(C(=O)N(C)c4ccccc43)[C@H]2C(=O)c2ccccc2)c2ccccc21. The largest absolute Gasteiger partial charge is 0.360 e. The molecule has 34 heavy (non-hydrogen) atoms. The van der Waals surface area contributed by atoms with Crippen LogP contribution < -0.4 is 15.1 Å². The van der Waals surface area contributed by atoms with Gasteiger partial charge in [-0.25, -0.2) is 0 Å². The fraction of sp³-hybridized carbons (Fsp3) is 0.185. The van der Waals surface area contributed by atoms with Gasteiger partial charge in [-0.15, -0.1) is 0 Å². The minimum Gasteiger partial charge on any atom is -0.360 e. The van der Waals surface area contributed by atoms with Gasteiger partial charge in [-0.3, -0.25) is 14.4 Å². The van der Waals surface area contributed by atoms with Gasteiger partial charge in [-0.1, -0.05) is 78.9 Å². The zero-order chi connectivity index (χ0) is 23.8. The Kier molecular flexibility index (Phi) is 4.17. The first-order valence-corrected chi connectivity index (χ1v) is 11.4. The lowest BCUT2D eigenvalue weighted by molar-refractivity contribution is -0.126. The Balaban J connectivity index is 1.72. The number of fused-ring (bicyclic) bond motifs is 4. The van der Waals surface area contributed by atoms with E-state index < -0.39 is 16.9 Å². The number of carbonyl (C=O) groups excluding carboxylic acids is 3. The molecule has 0 saturated carbocycles. The summed E-state index contributed by atoms with van der Waals surface area (Å²) < 4.78 is 0. The molecule has 3 atom stereocenters. The Morgan fingerprint density at radius 2 is 1.32 bits per heavy atom. The number of likely N-dealkylation sites (N-methyl/N-ethyl adjacent to an activating group) is 2. The van der Waals surface area contributed by atoms with Gasteiger partial charge in [-0.05, 0) is 17.7 Å². The first-order chi connectivity index (χ1) is 16.4. The number of anilines is 2. The van der Waals surface area contributed by atoms with Crippen LogP contribution in [0.5, 0.6) is 0 Å². The molecule has 2 spiro atoms. The van der Waals surface area contributed by atoms with Crippen molar-refractivity contribution >= 4 is 46.2 Å². The fourth-order valence-electron chi connectivity index (χ4n) is 6.04. The number of carbonyl (C=O) groups is 3. The Labute approximate surface area is 202 Å². The van der Waals surface area contributed by atoms with Gasteiger partial charge in [0, 0.05) is 36.6 Å². The average molecular weight is 468 g/mol. The molecule has 0 aromatic heterocycles. The minimum absolute atomic E-state index is 0.196. The van der Waals surface area contributed by atoms with Crippen LogP contribution in [0.4, 0.5) is 11.4 Å². The molecule has 3 aromatic carbocycles. The van der Waals surface area contributed by atoms with Crippen LogP contribution in [0.15, 0.2) is 78.9 Å². The molecule has 2 amide bonds. The highest BCUT2D eigenvalue weighted by Gasteiger charge is 2.75. The number of hydrogen-bond donors (Lipinski definition) is 1. The van der Waals surface area contributed by atoms with Gasteiger partial charge in [0.05, 0.1) is 10.9 Å². The predicted octanol–water partition coefficient (Wildman–Crippen LogP) is 3.20.